The Morgan fingerprint density at radius 3 is 2.52 bits per heavy atom. The predicted octanol–water partition coefficient (Wildman–Crippen LogP) is 5.89. The number of alkyl halides is 3. The van der Waals surface area contributed by atoms with Crippen LogP contribution in [0.1, 0.15) is 12.1 Å². The summed E-state index contributed by atoms with van der Waals surface area (Å²) in [4.78, 5) is 16.2. The number of carbonyl (C=O) groups is 1. The molecule has 1 unspecified atom stereocenters. The fraction of sp³-hybridized carbons (Fsp3) is 0.200. The second-order valence-electron chi connectivity index (χ2n) is 6.38. The molecule has 0 saturated carbocycles. The molecule has 0 aliphatic heterocycles. The molecule has 2 aromatic rings. The minimum absolute atomic E-state index is 0.127. The van der Waals surface area contributed by atoms with E-state index in [4.69, 9.17) is 16.3 Å². The highest BCUT2D eigenvalue weighted by atomic mass is 35.5. The van der Waals surface area contributed by atoms with Crippen molar-refractivity contribution in [2.45, 2.75) is 19.5 Å². The number of rotatable bonds is 4. The van der Waals surface area contributed by atoms with Crippen LogP contribution in [0.2, 0.25) is 0 Å². The van der Waals surface area contributed by atoms with Gasteiger partial charge in [-0.1, -0.05) is 11.6 Å². The van der Waals surface area contributed by atoms with E-state index in [0.29, 0.717) is 17.2 Å². The van der Waals surface area contributed by atoms with Crippen molar-refractivity contribution < 1.29 is 22.7 Å². The number of nitrogens with zero attached hydrogens (tertiary/aromatic N) is 1. The maximum Gasteiger partial charge on any atom is 0.396 e. The topological polar surface area (TPSA) is 63.2 Å². The van der Waals surface area contributed by atoms with Gasteiger partial charge in [-0.2, -0.15) is 13.2 Å². The van der Waals surface area contributed by atoms with Crippen molar-refractivity contribution in [3.8, 4) is 11.5 Å². The number of nitrogens with one attached hydrogen (secondary N) is 2. The van der Waals surface area contributed by atoms with Crippen molar-refractivity contribution in [1.82, 2.24) is 10.3 Å². The number of amides is 2. The molecule has 9 heteroatoms. The number of carbonyl (C=O) groups excluding carboxylic acids is 1. The number of ether oxygens (including phenoxy) is 1. The molecule has 0 spiro atoms. The summed E-state index contributed by atoms with van der Waals surface area (Å²) in [6.07, 6.45) is -0.765. The summed E-state index contributed by atoms with van der Waals surface area (Å²) in [5, 5.41) is 4.68. The number of urea groups is 1. The highest BCUT2D eigenvalue weighted by Crippen LogP contribution is 2.39. The van der Waals surface area contributed by atoms with Gasteiger partial charge >= 0.3 is 12.2 Å². The third kappa shape index (κ3) is 5.74. The van der Waals surface area contributed by atoms with Crippen molar-refractivity contribution in [3.05, 3.63) is 71.2 Å². The molecular weight excluding hydrogens is 407 g/mol. The summed E-state index contributed by atoms with van der Waals surface area (Å²) >= 11 is 5.63. The first-order chi connectivity index (χ1) is 13.7. The van der Waals surface area contributed by atoms with Crippen LogP contribution in [-0.4, -0.2) is 17.2 Å². The molecule has 2 N–H and O–H groups in total. The van der Waals surface area contributed by atoms with Crippen LogP contribution in [0.3, 0.4) is 0 Å². The van der Waals surface area contributed by atoms with Gasteiger partial charge in [-0.3, -0.25) is 4.98 Å². The van der Waals surface area contributed by atoms with Gasteiger partial charge in [0, 0.05) is 40.8 Å². The second kappa shape index (κ2) is 8.57. The third-order valence-electron chi connectivity index (χ3n) is 4.09. The molecule has 1 aromatic heterocycles. The van der Waals surface area contributed by atoms with Crippen LogP contribution in [0.4, 0.5) is 23.7 Å². The molecule has 0 fully saturated rings. The summed E-state index contributed by atoms with van der Waals surface area (Å²) in [6.45, 7) is 1.85. The third-order valence-corrected chi connectivity index (χ3v) is 4.48. The lowest BCUT2D eigenvalue weighted by Gasteiger charge is -2.24. The van der Waals surface area contributed by atoms with Crippen LogP contribution in [0.25, 0.3) is 0 Å². The summed E-state index contributed by atoms with van der Waals surface area (Å²) in [5.41, 5.74) is 1.40. The van der Waals surface area contributed by atoms with Crippen LogP contribution in [0.5, 0.6) is 11.5 Å². The van der Waals surface area contributed by atoms with E-state index in [1.165, 1.54) is 6.08 Å². The van der Waals surface area contributed by atoms with Crippen LogP contribution in [0, 0.1) is 12.8 Å². The van der Waals surface area contributed by atoms with E-state index in [1.807, 2.05) is 6.92 Å². The Bertz CT molecular complexity index is 956. The summed E-state index contributed by atoms with van der Waals surface area (Å²) < 4.78 is 44.6. The standard InChI is InChI=1S/C20H17ClF3N3O2/c1-12-10-16(8-9-25-12)29-15-5-2-13(3-6-15)26-19(28)27-14-4-7-18(21)17(11-14)20(22,23)24/h2-10,17H,11H2,1H3,(H2,26,27,28). The van der Waals surface area contributed by atoms with Crippen LogP contribution >= 0.6 is 11.6 Å². The van der Waals surface area contributed by atoms with Gasteiger partial charge in [0.2, 0.25) is 0 Å². The molecule has 1 aromatic carbocycles. The number of aryl methyl sites for hydroxylation is 1. The summed E-state index contributed by atoms with van der Waals surface area (Å²) in [6, 6.07) is 9.41. The average Bonchev–Trinajstić information content (AvgIpc) is 2.64. The minimum Gasteiger partial charge on any atom is -0.457 e. The fourth-order valence-corrected chi connectivity index (χ4v) is 2.94. The van der Waals surface area contributed by atoms with Gasteiger partial charge in [0.15, 0.2) is 0 Å². The first kappa shape index (κ1) is 20.7. The van der Waals surface area contributed by atoms with Crippen LogP contribution in [-0.2, 0) is 0 Å². The quantitative estimate of drug-likeness (QED) is 0.644. The van der Waals surface area contributed by atoms with Gasteiger partial charge in [-0.05, 0) is 49.4 Å². The van der Waals surface area contributed by atoms with Crippen molar-refractivity contribution in [1.29, 1.82) is 0 Å². The van der Waals surface area contributed by atoms with E-state index in [0.717, 1.165) is 11.8 Å². The number of halogens is 4. The molecule has 1 aliphatic carbocycles. The van der Waals surface area contributed by atoms with Crippen molar-refractivity contribution in [2.75, 3.05) is 5.32 Å². The van der Waals surface area contributed by atoms with Crippen molar-refractivity contribution >= 4 is 23.3 Å². The predicted molar refractivity (Wildman–Crippen MR) is 104 cm³/mol. The van der Waals surface area contributed by atoms with E-state index < -0.39 is 24.5 Å². The van der Waals surface area contributed by atoms with E-state index in [2.05, 4.69) is 15.6 Å². The average molecular weight is 424 g/mol. The van der Waals surface area contributed by atoms with E-state index in [9.17, 15) is 18.0 Å². The lowest BCUT2D eigenvalue weighted by molar-refractivity contribution is -0.162. The number of pyridine rings is 1. The molecule has 2 amide bonds. The normalized spacial score (nSPS) is 16.5. The molecular formula is C20H17ClF3N3O2. The van der Waals surface area contributed by atoms with Gasteiger partial charge in [-0.15, -0.1) is 0 Å². The van der Waals surface area contributed by atoms with Crippen molar-refractivity contribution in [2.24, 2.45) is 5.92 Å². The zero-order chi connectivity index (χ0) is 21.0. The maximum absolute atomic E-state index is 13.0. The van der Waals surface area contributed by atoms with Crippen LogP contribution < -0.4 is 15.4 Å². The Morgan fingerprint density at radius 1 is 1.14 bits per heavy atom. The van der Waals surface area contributed by atoms with E-state index in [-0.39, 0.29) is 10.7 Å². The van der Waals surface area contributed by atoms with Gasteiger partial charge < -0.3 is 15.4 Å². The van der Waals surface area contributed by atoms with Gasteiger partial charge in [0.1, 0.15) is 11.5 Å². The molecule has 3 rings (SSSR count). The molecule has 1 heterocycles. The summed E-state index contributed by atoms with van der Waals surface area (Å²) in [5.74, 6) is -0.631. The first-order valence-corrected chi connectivity index (χ1v) is 9.00. The monoisotopic (exact) mass is 423 g/mol. The summed E-state index contributed by atoms with van der Waals surface area (Å²) in [7, 11) is 0. The van der Waals surface area contributed by atoms with Gasteiger partial charge in [0.25, 0.3) is 0 Å². The smallest absolute Gasteiger partial charge is 0.396 e. The minimum atomic E-state index is -4.48. The largest absolute Gasteiger partial charge is 0.457 e. The molecule has 29 heavy (non-hydrogen) atoms. The molecule has 0 radical (unpaired) electrons. The second-order valence-corrected chi connectivity index (χ2v) is 6.82. The molecule has 1 atom stereocenters. The molecule has 0 bridgehead atoms. The molecule has 0 saturated heterocycles. The Morgan fingerprint density at radius 2 is 1.86 bits per heavy atom. The zero-order valence-corrected chi connectivity index (χ0v) is 16.0. The van der Waals surface area contributed by atoms with Gasteiger partial charge in [-0.25, -0.2) is 4.79 Å². The fourth-order valence-electron chi connectivity index (χ4n) is 2.68. The maximum atomic E-state index is 13.0. The number of hydrogen-bond donors (Lipinski definition) is 2. The highest BCUT2D eigenvalue weighted by Gasteiger charge is 2.43. The SMILES string of the molecule is Cc1cc(Oc2ccc(NC(=O)NC3=CC=C(Cl)C(C(F)(F)F)C3)cc2)ccn1. The lowest BCUT2D eigenvalue weighted by Crippen LogP contribution is -2.33. The number of hydrogen-bond acceptors (Lipinski definition) is 3. The Balaban J connectivity index is 1.57. The first-order valence-electron chi connectivity index (χ1n) is 8.62. The number of allylic oxidation sites excluding steroid dienone is 4. The van der Waals surface area contributed by atoms with E-state index >= 15 is 0 Å². The van der Waals surface area contributed by atoms with Gasteiger partial charge in [0.05, 0.1) is 5.92 Å². The number of benzene rings is 1. The number of aromatic nitrogens is 1. The number of anilines is 1. The van der Waals surface area contributed by atoms with E-state index in [1.54, 1.807) is 42.6 Å². The highest BCUT2D eigenvalue weighted by molar-refractivity contribution is 6.30. The zero-order valence-electron chi connectivity index (χ0n) is 15.3. The molecule has 152 valence electrons. The lowest BCUT2D eigenvalue weighted by atomic mass is 9.97. The van der Waals surface area contributed by atoms with Crippen LogP contribution in [0.15, 0.2) is 65.5 Å². The molecule has 1 aliphatic rings. The Kier molecular flexibility index (Phi) is 6.12. The molecule has 5 nitrogen and oxygen atoms in total. The van der Waals surface area contributed by atoms with Crippen molar-refractivity contribution in [3.63, 3.8) is 0 Å². The Labute approximate surface area is 170 Å². The Hall–Kier alpha value is -3.00.